The lowest BCUT2D eigenvalue weighted by molar-refractivity contribution is 0.584. The zero-order valence-electron chi connectivity index (χ0n) is 18.2. The summed E-state index contributed by atoms with van der Waals surface area (Å²) in [6.07, 6.45) is 3.45. The van der Waals surface area contributed by atoms with Gasteiger partial charge in [-0.05, 0) is 79.6 Å². The minimum atomic E-state index is -4.63. The molecule has 4 rings (SSSR count). The highest BCUT2D eigenvalue weighted by Crippen LogP contribution is 2.38. The Hall–Kier alpha value is -2.78. The number of hydrogen-bond acceptors (Lipinski definition) is 4. The summed E-state index contributed by atoms with van der Waals surface area (Å²) in [6.45, 7) is 3.68. The minimum absolute atomic E-state index is 0.0285. The van der Waals surface area contributed by atoms with Crippen LogP contribution in [0.15, 0.2) is 95.0 Å². The first-order valence-electron chi connectivity index (χ1n) is 10.1. The summed E-state index contributed by atoms with van der Waals surface area (Å²) in [4.78, 5) is -0.524. The Labute approximate surface area is 209 Å². The molecule has 1 aromatic heterocycles. The number of aryl methyl sites for hydroxylation is 1. The summed E-state index contributed by atoms with van der Waals surface area (Å²) in [5.74, 6) is 0. The van der Waals surface area contributed by atoms with E-state index >= 15 is 0 Å². The van der Waals surface area contributed by atoms with Gasteiger partial charge < -0.3 is 4.57 Å². The lowest BCUT2D eigenvalue weighted by Crippen LogP contribution is -2.38. The molecule has 10 heteroatoms. The Morgan fingerprint density at radius 3 is 1.68 bits per heavy atom. The molecule has 0 aliphatic heterocycles. The van der Waals surface area contributed by atoms with Crippen molar-refractivity contribution >= 4 is 48.9 Å². The molecule has 0 saturated carbocycles. The van der Waals surface area contributed by atoms with E-state index in [4.69, 9.17) is 23.2 Å². The Kier molecular flexibility index (Phi) is 6.52. The first-order chi connectivity index (χ1) is 16.0. The number of hydrogen-bond donors (Lipinski definition) is 0. The SMILES string of the molecule is Cc1ccc(N(S(=O)(=O)c2cccc(Cl)c2)S(=O)(=O)c2cccc(Cl)c2)c(-n2cccc2)c1C. The second-order valence-electron chi connectivity index (χ2n) is 7.59. The van der Waals surface area contributed by atoms with Crippen LogP contribution in [0.1, 0.15) is 11.1 Å². The second-order valence-corrected chi connectivity index (χ2v) is 12.3. The molecule has 0 radical (unpaired) electrons. The number of aromatic nitrogens is 1. The lowest BCUT2D eigenvalue weighted by atomic mass is 10.1. The van der Waals surface area contributed by atoms with E-state index in [1.807, 2.05) is 13.8 Å². The van der Waals surface area contributed by atoms with Crippen molar-refractivity contribution in [3.05, 3.63) is 106 Å². The van der Waals surface area contributed by atoms with Gasteiger partial charge in [-0.1, -0.05) is 41.4 Å². The largest absolute Gasteiger partial charge is 0.322 e. The van der Waals surface area contributed by atoms with Gasteiger partial charge in [-0.15, -0.1) is 0 Å². The third-order valence-corrected chi connectivity index (χ3v) is 9.98. The van der Waals surface area contributed by atoms with Crippen LogP contribution in [-0.2, 0) is 20.0 Å². The van der Waals surface area contributed by atoms with Crippen molar-refractivity contribution in [3.63, 3.8) is 0 Å². The molecule has 0 aliphatic carbocycles. The maximum atomic E-state index is 14.0. The van der Waals surface area contributed by atoms with Crippen molar-refractivity contribution in [1.29, 1.82) is 0 Å². The molecule has 0 amide bonds. The summed E-state index contributed by atoms with van der Waals surface area (Å²) >= 11 is 12.1. The van der Waals surface area contributed by atoms with Crippen LogP contribution in [0.25, 0.3) is 5.69 Å². The number of rotatable bonds is 6. The van der Waals surface area contributed by atoms with Gasteiger partial charge in [0.1, 0.15) is 0 Å². The van der Waals surface area contributed by atoms with E-state index < -0.39 is 20.0 Å². The molecule has 0 aliphatic rings. The molecule has 0 unspecified atom stereocenters. The molecule has 6 nitrogen and oxygen atoms in total. The van der Waals surface area contributed by atoms with E-state index in [2.05, 4.69) is 0 Å². The highest BCUT2D eigenvalue weighted by atomic mass is 35.5. The Morgan fingerprint density at radius 1 is 0.706 bits per heavy atom. The predicted molar refractivity (Wildman–Crippen MR) is 135 cm³/mol. The molecular formula is C24H20Cl2N2O4S2. The van der Waals surface area contributed by atoms with E-state index in [1.54, 1.807) is 35.2 Å². The van der Waals surface area contributed by atoms with Gasteiger partial charge in [0.25, 0.3) is 20.0 Å². The van der Waals surface area contributed by atoms with E-state index in [9.17, 15) is 16.8 Å². The fourth-order valence-electron chi connectivity index (χ4n) is 3.58. The molecule has 3 aromatic carbocycles. The molecular weight excluding hydrogens is 515 g/mol. The average Bonchev–Trinajstić information content (AvgIpc) is 3.30. The summed E-state index contributed by atoms with van der Waals surface area (Å²) in [5, 5.41) is 0.318. The van der Waals surface area contributed by atoms with Gasteiger partial charge in [0, 0.05) is 22.4 Å². The molecule has 0 saturated heterocycles. The zero-order valence-corrected chi connectivity index (χ0v) is 21.3. The molecule has 0 atom stereocenters. The first kappa shape index (κ1) is 24.3. The predicted octanol–water partition coefficient (Wildman–Crippen LogP) is 5.99. The standard InChI is InChI=1S/C24H20Cl2N2O4S2/c1-17-11-12-23(24(18(17)2)27-13-3-4-14-27)28(33(29,30)21-9-5-7-19(25)15-21)34(31,32)22-10-6-8-20(26)16-22/h3-16H,1-2H3. The van der Waals surface area contributed by atoms with Crippen molar-refractivity contribution in [1.82, 2.24) is 4.57 Å². The number of anilines is 1. The van der Waals surface area contributed by atoms with Crippen LogP contribution >= 0.6 is 23.2 Å². The third-order valence-electron chi connectivity index (χ3n) is 5.36. The quantitative estimate of drug-likeness (QED) is 0.304. The van der Waals surface area contributed by atoms with Crippen molar-refractivity contribution < 1.29 is 16.8 Å². The van der Waals surface area contributed by atoms with Crippen LogP contribution in [0, 0.1) is 13.8 Å². The molecule has 34 heavy (non-hydrogen) atoms. The summed E-state index contributed by atoms with van der Waals surface area (Å²) in [5.41, 5.74) is 1.98. The van der Waals surface area contributed by atoms with E-state index in [-0.39, 0.29) is 25.5 Å². The van der Waals surface area contributed by atoms with Crippen LogP contribution in [-0.4, -0.2) is 21.4 Å². The van der Waals surface area contributed by atoms with Gasteiger partial charge in [0.2, 0.25) is 0 Å². The van der Waals surface area contributed by atoms with Crippen molar-refractivity contribution in [3.8, 4) is 5.69 Å². The molecule has 176 valence electrons. The van der Waals surface area contributed by atoms with Gasteiger partial charge in [0.05, 0.1) is 21.2 Å². The normalized spacial score (nSPS) is 12.0. The van der Waals surface area contributed by atoms with Crippen LogP contribution in [0.4, 0.5) is 5.69 Å². The fraction of sp³-hybridized carbons (Fsp3) is 0.0833. The lowest BCUT2D eigenvalue weighted by Gasteiger charge is -2.28. The molecule has 0 spiro atoms. The molecule has 0 N–H and O–H groups in total. The number of benzene rings is 3. The fourth-order valence-corrected chi connectivity index (χ4v) is 7.89. The molecule has 1 heterocycles. The zero-order chi connectivity index (χ0) is 24.7. The maximum absolute atomic E-state index is 14.0. The van der Waals surface area contributed by atoms with Gasteiger partial charge in [-0.2, -0.15) is 3.71 Å². The summed E-state index contributed by atoms with van der Waals surface area (Å²) in [6, 6.07) is 17.7. The van der Waals surface area contributed by atoms with Crippen LogP contribution in [0.3, 0.4) is 0 Å². The first-order valence-corrected chi connectivity index (χ1v) is 13.7. The Bertz CT molecular complexity index is 1510. The monoisotopic (exact) mass is 534 g/mol. The van der Waals surface area contributed by atoms with Gasteiger partial charge >= 0.3 is 0 Å². The summed E-state index contributed by atoms with van der Waals surface area (Å²) in [7, 11) is -9.27. The Balaban J connectivity index is 2.10. The topological polar surface area (TPSA) is 76.5 Å². The van der Waals surface area contributed by atoms with Gasteiger partial charge in [-0.25, -0.2) is 16.8 Å². The Morgan fingerprint density at radius 2 is 1.21 bits per heavy atom. The summed E-state index contributed by atoms with van der Waals surface area (Å²) < 4.78 is 58.0. The molecule has 0 fully saturated rings. The van der Waals surface area contributed by atoms with E-state index in [0.29, 0.717) is 9.40 Å². The van der Waals surface area contributed by atoms with Crippen LogP contribution in [0.5, 0.6) is 0 Å². The third kappa shape index (κ3) is 4.34. The van der Waals surface area contributed by atoms with E-state index in [1.165, 1.54) is 54.6 Å². The van der Waals surface area contributed by atoms with Crippen molar-refractivity contribution in [2.75, 3.05) is 3.71 Å². The number of sulfonamides is 2. The number of nitrogens with zero attached hydrogens (tertiary/aromatic N) is 2. The highest BCUT2D eigenvalue weighted by molar-refractivity contribution is 8.10. The van der Waals surface area contributed by atoms with E-state index in [0.717, 1.165) is 11.1 Å². The highest BCUT2D eigenvalue weighted by Gasteiger charge is 2.39. The van der Waals surface area contributed by atoms with Crippen LogP contribution in [0.2, 0.25) is 10.0 Å². The minimum Gasteiger partial charge on any atom is -0.322 e. The molecule has 4 aromatic rings. The average molecular weight is 535 g/mol. The maximum Gasteiger partial charge on any atom is 0.277 e. The van der Waals surface area contributed by atoms with Crippen LogP contribution < -0.4 is 3.71 Å². The smallest absolute Gasteiger partial charge is 0.277 e. The second kappa shape index (κ2) is 9.11. The van der Waals surface area contributed by atoms with Gasteiger partial charge in [0.15, 0.2) is 0 Å². The van der Waals surface area contributed by atoms with Crippen molar-refractivity contribution in [2.24, 2.45) is 0 Å². The van der Waals surface area contributed by atoms with Gasteiger partial charge in [-0.3, -0.25) is 0 Å². The van der Waals surface area contributed by atoms with Crippen molar-refractivity contribution in [2.45, 2.75) is 23.6 Å². The number of halogens is 2. The molecule has 0 bridgehead atoms.